The maximum absolute atomic E-state index is 13.7. The lowest BCUT2D eigenvalue weighted by Crippen LogP contribution is -2.53. The summed E-state index contributed by atoms with van der Waals surface area (Å²) < 4.78 is 71.4. The highest BCUT2D eigenvalue weighted by atomic mass is 35.5. The van der Waals surface area contributed by atoms with E-state index in [1.54, 1.807) is 38.1 Å². The summed E-state index contributed by atoms with van der Waals surface area (Å²) in [5.74, 6) is -0.737. The molecule has 0 saturated heterocycles. The Kier molecular flexibility index (Phi) is 11.1. The third-order valence-corrected chi connectivity index (χ3v) is 7.54. The molecule has 0 aliphatic heterocycles. The van der Waals surface area contributed by atoms with Gasteiger partial charge < -0.3 is 15.0 Å². The van der Waals surface area contributed by atoms with E-state index in [9.17, 15) is 31.2 Å². The maximum atomic E-state index is 13.7. The lowest BCUT2D eigenvalue weighted by molar-refractivity contribution is -0.140. The van der Waals surface area contributed by atoms with Gasteiger partial charge in [0.2, 0.25) is 21.8 Å². The number of rotatable bonds is 12. The molecule has 0 bridgehead atoms. The van der Waals surface area contributed by atoms with Gasteiger partial charge >= 0.3 is 6.18 Å². The molecule has 2 aromatic carbocycles. The van der Waals surface area contributed by atoms with E-state index in [1.807, 2.05) is 6.92 Å². The molecular weight excluding hydrogens is 559 g/mol. The predicted molar refractivity (Wildman–Crippen MR) is 144 cm³/mol. The molecule has 0 radical (unpaired) electrons. The average Bonchev–Trinajstić information content (AvgIpc) is 2.86. The second-order valence-electron chi connectivity index (χ2n) is 9.05. The third kappa shape index (κ3) is 8.76. The fourth-order valence-corrected chi connectivity index (χ4v) is 4.93. The number of methoxy groups -OCH3 is 1. The van der Waals surface area contributed by atoms with Crippen LogP contribution in [-0.2, 0) is 32.3 Å². The van der Waals surface area contributed by atoms with E-state index in [-0.39, 0.29) is 24.0 Å². The minimum Gasteiger partial charge on any atom is -0.497 e. The van der Waals surface area contributed by atoms with Crippen molar-refractivity contribution in [2.45, 2.75) is 58.4 Å². The maximum Gasteiger partial charge on any atom is 0.416 e. The molecule has 13 heteroatoms. The molecule has 0 fully saturated rings. The first-order valence-corrected chi connectivity index (χ1v) is 14.4. The predicted octanol–water partition coefficient (Wildman–Crippen LogP) is 4.86. The zero-order valence-electron chi connectivity index (χ0n) is 22.4. The van der Waals surface area contributed by atoms with Crippen LogP contribution in [0.25, 0.3) is 0 Å². The Bertz CT molecular complexity index is 1270. The first kappa shape index (κ1) is 32.2. The van der Waals surface area contributed by atoms with Gasteiger partial charge in [-0.15, -0.1) is 0 Å². The summed E-state index contributed by atoms with van der Waals surface area (Å²) in [6.07, 6.45) is -3.18. The van der Waals surface area contributed by atoms with Gasteiger partial charge in [0, 0.05) is 12.6 Å². The summed E-state index contributed by atoms with van der Waals surface area (Å²) in [5.41, 5.74) is -1.03. The van der Waals surface area contributed by atoms with Gasteiger partial charge in [0.05, 0.1) is 29.6 Å². The summed E-state index contributed by atoms with van der Waals surface area (Å²) >= 11 is 6.11. The standard InChI is InChI=1S/C26H33ClF3N3O5S/c1-6-17(3)31-25(35)22(7-2)32(15-18-9-8-10-20(13-18)38-4)24(34)16-33(39(5,36)37)23-14-19(26(28,29)30)11-12-21(23)27/h8-14,17,22H,6-7,15-16H2,1-5H3,(H,31,35)/t17-,22-/m1/s1. The Hall–Kier alpha value is -2.99. The Labute approximate surface area is 232 Å². The molecule has 0 spiro atoms. The Morgan fingerprint density at radius 3 is 2.31 bits per heavy atom. The highest BCUT2D eigenvalue weighted by Gasteiger charge is 2.35. The Morgan fingerprint density at radius 2 is 1.77 bits per heavy atom. The molecule has 216 valence electrons. The first-order chi connectivity index (χ1) is 18.1. The van der Waals surface area contributed by atoms with Gasteiger partial charge in [-0.1, -0.05) is 37.6 Å². The van der Waals surface area contributed by atoms with Crippen LogP contribution in [0.15, 0.2) is 42.5 Å². The van der Waals surface area contributed by atoms with Crippen LogP contribution < -0.4 is 14.4 Å². The van der Waals surface area contributed by atoms with Crippen LogP contribution in [0.1, 0.15) is 44.7 Å². The van der Waals surface area contributed by atoms with Gasteiger partial charge in [-0.2, -0.15) is 13.2 Å². The summed E-state index contributed by atoms with van der Waals surface area (Å²) in [4.78, 5) is 28.1. The van der Waals surface area contributed by atoms with E-state index in [0.29, 0.717) is 28.1 Å². The normalized spacial score (nSPS) is 13.4. The molecule has 0 aliphatic carbocycles. The van der Waals surface area contributed by atoms with Crippen molar-refractivity contribution in [3.63, 3.8) is 0 Å². The zero-order chi connectivity index (χ0) is 29.5. The molecule has 2 rings (SSSR count). The number of anilines is 1. The van der Waals surface area contributed by atoms with E-state index in [1.165, 1.54) is 12.0 Å². The van der Waals surface area contributed by atoms with E-state index in [0.717, 1.165) is 18.4 Å². The molecule has 2 atom stereocenters. The number of benzene rings is 2. The average molecular weight is 592 g/mol. The van der Waals surface area contributed by atoms with E-state index >= 15 is 0 Å². The van der Waals surface area contributed by atoms with Crippen molar-refractivity contribution in [2.24, 2.45) is 0 Å². The van der Waals surface area contributed by atoms with Gasteiger partial charge in [-0.05, 0) is 55.7 Å². The summed E-state index contributed by atoms with van der Waals surface area (Å²) in [5, 5.41) is 2.55. The van der Waals surface area contributed by atoms with Crippen molar-refractivity contribution in [1.29, 1.82) is 0 Å². The molecule has 0 heterocycles. The zero-order valence-corrected chi connectivity index (χ0v) is 24.0. The fourth-order valence-electron chi connectivity index (χ4n) is 3.80. The molecular formula is C26H33ClF3N3O5S. The third-order valence-electron chi connectivity index (χ3n) is 6.10. The molecule has 2 aromatic rings. The topological polar surface area (TPSA) is 96.0 Å². The van der Waals surface area contributed by atoms with Crippen LogP contribution in [-0.4, -0.2) is 57.1 Å². The van der Waals surface area contributed by atoms with Crippen LogP contribution in [0.2, 0.25) is 5.02 Å². The van der Waals surface area contributed by atoms with Crippen LogP contribution in [0.3, 0.4) is 0 Å². The number of sulfonamides is 1. The van der Waals surface area contributed by atoms with Gasteiger partial charge in [0.1, 0.15) is 18.3 Å². The van der Waals surface area contributed by atoms with Crippen LogP contribution in [0.4, 0.5) is 18.9 Å². The lowest BCUT2D eigenvalue weighted by atomic mass is 10.1. The minimum atomic E-state index is -4.77. The minimum absolute atomic E-state index is 0.0869. The second-order valence-corrected chi connectivity index (χ2v) is 11.4. The van der Waals surface area contributed by atoms with E-state index in [4.69, 9.17) is 16.3 Å². The number of ether oxygens (including phenoxy) is 1. The number of amides is 2. The van der Waals surface area contributed by atoms with Crippen molar-refractivity contribution >= 4 is 39.1 Å². The molecule has 0 aromatic heterocycles. The van der Waals surface area contributed by atoms with Crippen molar-refractivity contribution in [3.8, 4) is 5.75 Å². The molecule has 1 N–H and O–H groups in total. The fraction of sp³-hybridized carbons (Fsp3) is 0.462. The van der Waals surface area contributed by atoms with Crippen molar-refractivity contribution < 1.29 is 35.9 Å². The van der Waals surface area contributed by atoms with Gasteiger partial charge in [-0.25, -0.2) is 8.42 Å². The van der Waals surface area contributed by atoms with Crippen LogP contribution in [0, 0.1) is 0 Å². The van der Waals surface area contributed by atoms with E-state index in [2.05, 4.69) is 5.32 Å². The number of halogens is 4. The SMILES string of the molecule is CC[C@@H](C)NC(=O)[C@@H](CC)N(Cc1cccc(OC)c1)C(=O)CN(c1cc(C(F)(F)F)ccc1Cl)S(C)(=O)=O. The number of alkyl halides is 3. The molecule has 8 nitrogen and oxygen atoms in total. The molecule has 2 amide bonds. The summed E-state index contributed by atoms with van der Waals surface area (Å²) in [7, 11) is -2.81. The molecule has 0 aliphatic rings. The Balaban J connectivity index is 2.56. The smallest absolute Gasteiger partial charge is 0.416 e. The van der Waals surface area contributed by atoms with E-state index < -0.39 is 51.9 Å². The van der Waals surface area contributed by atoms with Gasteiger partial charge in [0.15, 0.2) is 0 Å². The number of carbonyl (C=O) groups is 2. The van der Waals surface area contributed by atoms with Crippen molar-refractivity contribution in [3.05, 3.63) is 58.6 Å². The highest BCUT2D eigenvalue weighted by Crippen LogP contribution is 2.36. The summed E-state index contributed by atoms with van der Waals surface area (Å²) in [6, 6.07) is 7.81. The monoisotopic (exact) mass is 591 g/mol. The number of nitrogens with zero attached hydrogens (tertiary/aromatic N) is 2. The molecule has 0 unspecified atom stereocenters. The van der Waals surface area contributed by atoms with Crippen molar-refractivity contribution in [1.82, 2.24) is 10.2 Å². The number of nitrogens with one attached hydrogen (secondary N) is 1. The largest absolute Gasteiger partial charge is 0.497 e. The molecule has 0 saturated carbocycles. The lowest BCUT2D eigenvalue weighted by Gasteiger charge is -2.33. The Morgan fingerprint density at radius 1 is 1.10 bits per heavy atom. The quantitative estimate of drug-likeness (QED) is 0.380. The number of hydrogen-bond acceptors (Lipinski definition) is 5. The molecule has 39 heavy (non-hydrogen) atoms. The number of hydrogen-bond donors (Lipinski definition) is 1. The van der Waals surface area contributed by atoms with Crippen LogP contribution in [0.5, 0.6) is 5.75 Å². The number of carbonyl (C=O) groups excluding carboxylic acids is 2. The van der Waals surface area contributed by atoms with Gasteiger partial charge in [0.25, 0.3) is 0 Å². The highest BCUT2D eigenvalue weighted by molar-refractivity contribution is 7.92. The van der Waals surface area contributed by atoms with Crippen molar-refractivity contribution in [2.75, 3.05) is 24.2 Å². The first-order valence-electron chi connectivity index (χ1n) is 12.2. The second kappa shape index (κ2) is 13.4. The van der Waals surface area contributed by atoms with Crippen LogP contribution >= 0.6 is 11.6 Å². The summed E-state index contributed by atoms with van der Waals surface area (Å²) in [6.45, 7) is 4.42. The van der Waals surface area contributed by atoms with Gasteiger partial charge in [-0.3, -0.25) is 13.9 Å².